The Labute approximate surface area is 134 Å². The van der Waals surface area contributed by atoms with Crippen LogP contribution in [0, 0.1) is 0 Å². The van der Waals surface area contributed by atoms with E-state index in [1.165, 1.54) is 18.3 Å². The first-order valence-electron chi connectivity index (χ1n) is 6.88. The second-order valence-corrected chi connectivity index (χ2v) is 5.12. The van der Waals surface area contributed by atoms with Crippen LogP contribution in [0.4, 0.5) is 18.9 Å². The summed E-state index contributed by atoms with van der Waals surface area (Å²) in [5, 5.41) is 0. The van der Waals surface area contributed by atoms with E-state index in [-0.39, 0.29) is 29.1 Å². The van der Waals surface area contributed by atoms with Gasteiger partial charge in [-0.1, -0.05) is 6.07 Å². The number of aromatic nitrogens is 1. The van der Waals surface area contributed by atoms with Crippen LogP contribution in [0.2, 0.25) is 0 Å². The van der Waals surface area contributed by atoms with E-state index in [9.17, 15) is 22.8 Å². The van der Waals surface area contributed by atoms with Gasteiger partial charge in [0.25, 0.3) is 5.91 Å². The average molecular weight is 336 g/mol. The lowest BCUT2D eigenvalue weighted by Crippen LogP contribution is -2.40. The highest BCUT2D eigenvalue weighted by Gasteiger charge is 2.42. The number of pyridine rings is 1. The van der Waals surface area contributed by atoms with Crippen molar-refractivity contribution in [2.75, 3.05) is 12.0 Å². The Bertz CT molecular complexity index is 819. The average Bonchev–Trinajstić information content (AvgIpc) is 2.54. The number of carbonyl (C=O) groups is 2. The molecule has 0 unspecified atom stereocenters. The van der Waals surface area contributed by atoms with Gasteiger partial charge in [-0.2, -0.15) is 13.2 Å². The van der Waals surface area contributed by atoms with Crippen molar-refractivity contribution in [1.82, 2.24) is 4.98 Å². The lowest BCUT2D eigenvalue weighted by Gasteiger charge is -2.36. The van der Waals surface area contributed by atoms with Crippen LogP contribution in [0.5, 0.6) is 0 Å². The van der Waals surface area contributed by atoms with Gasteiger partial charge in [0.05, 0.1) is 30.5 Å². The number of fused-ring (bicyclic) bond motifs is 1. The normalized spacial score (nSPS) is 13.1. The molecule has 124 valence electrons. The van der Waals surface area contributed by atoms with Crippen LogP contribution in [0.25, 0.3) is 0 Å². The number of amides is 1. The van der Waals surface area contributed by atoms with Gasteiger partial charge in [0.15, 0.2) is 0 Å². The Morgan fingerprint density at radius 2 is 2.00 bits per heavy atom. The largest absolute Gasteiger partial charge is 0.465 e. The third-order valence-electron chi connectivity index (χ3n) is 3.69. The first kappa shape index (κ1) is 16.0. The molecule has 0 fully saturated rings. The van der Waals surface area contributed by atoms with Crippen LogP contribution in [0.1, 0.15) is 32.0 Å². The maximum atomic E-state index is 13.2. The summed E-state index contributed by atoms with van der Waals surface area (Å²) >= 11 is 0. The summed E-state index contributed by atoms with van der Waals surface area (Å²) in [5.74, 6) is -1.43. The van der Waals surface area contributed by atoms with Crippen molar-refractivity contribution in [3.63, 3.8) is 0 Å². The van der Waals surface area contributed by atoms with E-state index in [0.29, 0.717) is 0 Å². The Balaban J connectivity index is 2.05. The van der Waals surface area contributed by atoms with Crippen molar-refractivity contribution in [2.24, 2.45) is 0 Å². The highest BCUT2D eigenvalue weighted by atomic mass is 19.4. The van der Waals surface area contributed by atoms with Gasteiger partial charge in [-0.3, -0.25) is 9.78 Å². The number of alkyl halides is 3. The minimum atomic E-state index is -4.63. The molecule has 1 aliphatic rings. The van der Waals surface area contributed by atoms with E-state index in [2.05, 4.69) is 9.72 Å². The van der Waals surface area contributed by atoms with Gasteiger partial charge >= 0.3 is 12.1 Å². The number of methoxy groups -OCH3 is 1. The number of hydrogen-bond acceptors (Lipinski definition) is 4. The molecule has 0 saturated heterocycles. The molecule has 3 rings (SSSR count). The Morgan fingerprint density at radius 3 is 2.58 bits per heavy atom. The molecule has 24 heavy (non-hydrogen) atoms. The van der Waals surface area contributed by atoms with Crippen molar-refractivity contribution in [3.8, 4) is 0 Å². The summed E-state index contributed by atoms with van der Waals surface area (Å²) in [6, 6.07) is 6.66. The quantitative estimate of drug-likeness (QED) is 0.791. The van der Waals surface area contributed by atoms with E-state index < -0.39 is 23.6 Å². The van der Waals surface area contributed by atoms with Crippen molar-refractivity contribution < 1.29 is 27.5 Å². The van der Waals surface area contributed by atoms with Crippen LogP contribution in [-0.4, -0.2) is 24.0 Å². The van der Waals surface area contributed by atoms with Gasteiger partial charge in [0.2, 0.25) is 0 Å². The predicted octanol–water partition coefficient (Wildman–Crippen LogP) is 3.05. The number of ether oxygens (including phenoxy) is 1. The molecule has 2 aromatic rings. The number of carbonyl (C=O) groups excluding carboxylic acids is 2. The van der Waals surface area contributed by atoms with Gasteiger partial charge in [0, 0.05) is 11.8 Å². The zero-order chi connectivity index (χ0) is 17.5. The Morgan fingerprint density at radius 1 is 1.25 bits per heavy atom. The number of benzene rings is 1. The number of halogens is 3. The zero-order valence-electron chi connectivity index (χ0n) is 12.4. The fourth-order valence-corrected chi connectivity index (χ4v) is 2.51. The third kappa shape index (κ3) is 2.60. The minimum Gasteiger partial charge on any atom is -0.465 e. The Kier molecular flexibility index (Phi) is 3.75. The third-order valence-corrected chi connectivity index (χ3v) is 3.69. The Hall–Kier alpha value is -2.90. The summed E-state index contributed by atoms with van der Waals surface area (Å²) in [7, 11) is 1.08. The van der Waals surface area contributed by atoms with Gasteiger partial charge in [-0.25, -0.2) is 4.79 Å². The minimum absolute atomic E-state index is 0.0283. The standard InChI is InChI=1S/C16H11F3N2O3/c1-24-15(23)9-6-11(16(17,18)19)10-8-21(13(10)7-9)14(22)12-4-2-3-5-20-12/h2-7H,8H2,1H3. The number of esters is 1. The maximum absolute atomic E-state index is 13.2. The molecular weight excluding hydrogens is 325 g/mol. The lowest BCUT2D eigenvalue weighted by molar-refractivity contribution is -0.138. The maximum Gasteiger partial charge on any atom is 0.416 e. The molecule has 0 saturated carbocycles. The lowest BCUT2D eigenvalue weighted by atomic mass is 9.93. The number of anilines is 1. The van der Waals surface area contributed by atoms with Crippen molar-refractivity contribution >= 4 is 17.6 Å². The van der Waals surface area contributed by atoms with Crippen LogP contribution >= 0.6 is 0 Å². The van der Waals surface area contributed by atoms with Gasteiger partial charge < -0.3 is 9.64 Å². The predicted molar refractivity (Wildman–Crippen MR) is 77.5 cm³/mol. The van der Waals surface area contributed by atoms with Crippen molar-refractivity contribution in [3.05, 3.63) is 58.9 Å². The molecule has 1 amide bonds. The summed E-state index contributed by atoms with van der Waals surface area (Å²) < 4.78 is 44.1. The molecule has 0 N–H and O–H groups in total. The van der Waals surface area contributed by atoms with E-state index in [1.807, 2.05) is 0 Å². The fraction of sp³-hybridized carbons (Fsp3) is 0.188. The van der Waals surface area contributed by atoms with E-state index in [4.69, 9.17) is 0 Å². The molecule has 0 bridgehead atoms. The van der Waals surface area contributed by atoms with Crippen LogP contribution < -0.4 is 4.90 Å². The molecular formula is C16H11F3N2O3. The summed E-state index contributed by atoms with van der Waals surface area (Å²) in [5.41, 5.74) is -1.08. The zero-order valence-corrected chi connectivity index (χ0v) is 12.4. The fourth-order valence-electron chi connectivity index (χ4n) is 2.51. The van der Waals surface area contributed by atoms with Crippen molar-refractivity contribution in [1.29, 1.82) is 0 Å². The van der Waals surface area contributed by atoms with E-state index in [0.717, 1.165) is 18.1 Å². The second-order valence-electron chi connectivity index (χ2n) is 5.12. The molecule has 1 aromatic heterocycles. The smallest absolute Gasteiger partial charge is 0.416 e. The first-order chi connectivity index (χ1) is 11.3. The monoisotopic (exact) mass is 336 g/mol. The molecule has 2 heterocycles. The highest BCUT2D eigenvalue weighted by Crippen LogP contribution is 2.44. The first-order valence-corrected chi connectivity index (χ1v) is 6.88. The van der Waals surface area contributed by atoms with Crippen LogP contribution in [0.15, 0.2) is 36.5 Å². The molecule has 0 radical (unpaired) electrons. The SMILES string of the molecule is COC(=O)c1cc2c(c(C(F)(F)F)c1)CN2C(=O)c1ccccn1. The summed E-state index contributed by atoms with van der Waals surface area (Å²) in [6.07, 6.45) is -3.21. The molecule has 0 atom stereocenters. The number of nitrogens with zero attached hydrogens (tertiary/aromatic N) is 2. The van der Waals surface area contributed by atoms with E-state index in [1.54, 1.807) is 12.1 Å². The summed E-state index contributed by atoms with van der Waals surface area (Å²) in [4.78, 5) is 29.0. The van der Waals surface area contributed by atoms with Gasteiger partial charge in [-0.15, -0.1) is 0 Å². The molecule has 0 aliphatic carbocycles. The van der Waals surface area contributed by atoms with E-state index >= 15 is 0 Å². The number of hydrogen-bond donors (Lipinski definition) is 0. The van der Waals surface area contributed by atoms with Gasteiger partial charge in [-0.05, 0) is 24.3 Å². The molecule has 8 heteroatoms. The highest BCUT2D eigenvalue weighted by molar-refractivity contribution is 6.08. The molecule has 0 spiro atoms. The molecule has 1 aliphatic heterocycles. The topological polar surface area (TPSA) is 59.5 Å². The summed E-state index contributed by atoms with van der Waals surface area (Å²) in [6.45, 7) is -0.193. The van der Waals surface area contributed by atoms with Crippen molar-refractivity contribution in [2.45, 2.75) is 12.7 Å². The van der Waals surface area contributed by atoms with Gasteiger partial charge in [0.1, 0.15) is 5.69 Å². The molecule has 5 nitrogen and oxygen atoms in total. The van der Waals surface area contributed by atoms with Crippen LogP contribution in [-0.2, 0) is 17.5 Å². The second kappa shape index (κ2) is 5.63. The number of rotatable bonds is 2. The van der Waals surface area contributed by atoms with Crippen LogP contribution in [0.3, 0.4) is 0 Å². The molecule has 1 aromatic carbocycles.